The number of fused-ring (bicyclic) bond motifs is 5. The number of likely N-dealkylation sites (N-methyl/N-ethyl adjacent to an activating group) is 1. The van der Waals surface area contributed by atoms with E-state index in [0.717, 1.165) is 43.7 Å². The second-order valence-electron chi connectivity index (χ2n) is 14.3. The molecule has 0 aromatic heterocycles. The summed E-state index contributed by atoms with van der Waals surface area (Å²) in [7, 11) is 1.72. The molecule has 224 valence electrons. The summed E-state index contributed by atoms with van der Waals surface area (Å²) in [4.78, 5) is 32.0. The molecule has 3 saturated carbocycles. The van der Waals surface area contributed by atoms with E-state index >= 15 is 0 Å². The minimum atomic E-state index is -0.461. The highest BCUT2D eigenvalue weighted by atomic mass is 16.7. The quantitative estimate of drug-likeness (QED) is 0.148. The Labute approximate surface area is 240 Å². The summed E-state index contributed by atoms with van der Waals surface area (Å²) in [6.45, 7) is 11.1. The van der Waals surface area contributed by atoms with Gasteiger partial charge in [0.25, 0.3) is 0 Å². The van der Waals surface area contributed by atoms with E-state index in [1.807, 2.05) is 20.8 Å². The Bertz CT molecular complexity index is 1040. The van der Waals surface area contributed by atoms with Gasteiger partial charge in [0.05, 0.1) is 17.9 Å². The number of nitrogens with zero attached hydrogens (tertiary/aromatic N) is 2. The molecule has 0 bridgehead atoms. The van der Waals surface area contributed by atoms with Crippen molar-refractivity contribution in [1.82, 2.24) is 10.2 Å². The third-order valence-electron chi connectivity index (χ3n) is 11.5. The number of hydrogen-bond acceptors (Lipinski definition) is 7. The summed E-state index contributed by atoms with van der Waals surface area (Å²) in [5.41, 5.74) is 2.88. The molecule has 1 saturated heterocycles. The predicted octanol–water partition coefficient (Wildman–Crippen LogP) is 5.44. The topological polar surface area (TPSA) is 100 Å². The van der Waals surface area contributed by atoms with Gasteiger partial charge in [-0.1, -0.05) is 30.7 Å². The Hall–Kier alpha value is -1.93. The lowest BCUT2D eigenvalue weighted by molar-refractivity contribution is -0.149. The summed E-state index contributed by atoms with van der Waals surface area (Å²) < 4.78 is 5.32. The van der Waals surface area contributed by atoms with Crippen molar-refractivity contribution in [3.05, 3.63) is 11.6 Å². The zero-order valence-corrected chi connectivity index (χ0v) is 25.4. The maximum Gasteiger partial charge on any atom is 0.435 e. The van der Waals surface area contributed by atoms with Crippen molar-refractivity contribution in [3.8, 4) is 0 Å². The Morgan fingerprint density at radius 1 is 1.10 bits per heavy atom. The van der Waals surface area contributed by atoms with Gasteiger partial charge in [0.15, 0.2) is 0 Å². The van der Waals surface area contributed by atoms with Gasteiger partial charge in [-0.05, 0) is 114 Å². The van der Waals surface area contributed by atoms with Crippen LogP contribution in [0.15, 0.2) is 16.8 Å². The normalized spacial score (nSPS) is 41.0. The number of aliphatic hydroxyl groups excluding tert-OH is 1. The van der Waals surface area contributed by atoms with Crippen LogP contribution in [0.4, 0.5) is 4.79 Å². The van der Waals surface area contributed by atoms with Crippen molar-refractivity contribution >= 4 is 17.8 Å². The third-order valence-corrected chi connectivity index (χ3v) is 11.5. The lowest BCUT2D eigenvalue weighted by atomic mass is 9.46. The molecule has 5 aliphatic rings. The molecule has 0 aromatic rings. The lowest BCUT2D eigenvalue weighted by Gasteiger charge is -2.58. The highest BCUT2D eigenvalue weighted by Gasteiger charge is 2.59. The zero-order chi connectivity index (χ0) is 28.8. The van der Waals surface area contributed by atoms with Crippen LogP contribution in [0.3, 0.4) is 0 Å². The molecule has 5 rings (SSSR count). The fourth-order valence-electron chi connectivity index (χ4n) is 9.51. The number of rotatable bonds is 6. The van der Waals surface area contributed by atoms with Crippen LogP contribution in [0, 0.1) is 34.5 Å². The maximum atomic E-state index is 12.8. The Morgan fingerprint density at radius 2 is 1.88 bits per heavy atom. The van der Waals surface area contributed by atoms with E-state index in [4.69, 9.17) is 9.57 Å². The van der Waals surface area contributed by atoms with Crippen LogP contribution in [0.25, 0.3) is 0 Å². The number of aliphatic hydroxyl groups is 1. The number of ether oxygens (including phenoxy) is 1. The van der Waals surface area contributed by atoms with E-state index < -0.39 is 6.09 Å². The van der Waals surface area contributed by atoms with Crippen molar-refractivity contribution in [2.24, 2.45) is 39.7 Å². The maximum absolute atomic E-state index is 12.8. The molecule has 4 aliphatic carbocycles. The molecule has 8 nitrogen and oxygen atoms in total. The van der Waals surface area contributed by atoms with Gasteiger partial charge in [0, 0.05) is 25.6 Å². The van der Waals surface area contributed by atoms with E-state index in [0.29, 0.717) is 30.7 Å². The summed E-state index contributed by atoms with van der Waals surface area (Å²) in [6.07, 6.45) is 11.9. The Kier molecular flexibility index (Phi) is 8.42. The monoisotopic (exact) mass is 557 g/mol. The van der Waals surface area contributed by atoms with E-state index in [2.05, 4.69) is 30.4 Å². The van der Waals surface area contributed by atoms with Crippen LogP contribution in [-0.4, -0.2) is 65.7 Å². The van der Waals surface area contributed by atoms with Gasteiger partial charge in [-0.3, -0.25) is 14.9 Å². The minimum absolute atomic E-state index is 0.0252. The predicted molar refractivity (Wildman–Crippen MR) is 155 cm³/mol. The number of allylic oxidation sites excluding steroid dienone is 1. The number of oxime groups is 1. The fourth-order valence-corrected chi connectivity index (χ4v) is 9.51. The summed E-state index contributed by atoms with van der Waals surface area (Å²) >= 11 is 0. The molecule has 9 atom stereocenters. The van der Waals surface area contributed by atoms with Gasteiger partial charge in [-0.15, -0.1) is 0 Å². The second kappa shape index (κ2) is 11.4. The Morgan fingerprint density at radius 3 is 2.62 bits per heavy atom. The van der Waals surface area contributed by atoms with Crippen molar-refractivity contribution in [3.63, 3.8) is 0 Å². The average molecular weight is 558 g/mol. The molecule has 0 spiro atoms. The third kappa shape index (κ3) is 5.47. The molecule has 1 amide bonds. The Balaban J connectivity index is 1.16. The number of amides is 1. The zero-order valence-electron chi connectivity index (χ0n) is 25.4. The first kappa shape index (κ1) is 29.6. The number of carbonyl (C=O) groups is 2. The molecule has 40 heavy (non-hydrogen) atoms. The van der Waals surface area contributed by atoms with Crippen LogP contribution < -0.4 is 5.32 Å². The number of hydrogen-bond donors (Lipinski definition) is 2. The fraction of sp³-hybridized carbons (Fsp3) is 0.844. The van der Waals surface area contributed by atoms with Gasteiger partial charge in [0.2, 0.25) is 0 Å². The van der Waals surface area contributed by atoms with Crippen LogP contribution in [-0.2, 0) is 14.4 Å². The van der Waals surface area contributed by atoms with Crippen molar-refractivity contribution < 1.29 is 24.3 Å². The molecule has 2 unspecified atom stereocenters. The highest BCUT2D eigenvalue weighted by molar-refractivity contribution is 5.85. The molecule has 0 aromatic carbocycles. The first-order chi connectivity index (χ1) is 18.9. The van der Waals surface area contributed by atoms with E-state index in [1.54, 1.807) is 11.9 Å². The largest absolute Gasteiger partial charge is 0.462 e. The molecule has 2 N–H and O–H groups in total. The first-order valence-electron chi connectivity index (χ1n) is 15.7. The summed E-state index contributed by atoms with van der Waals surface area (Å²) in [5.74, 6) is 2.21. The van der Waals surface area contributed by atoms with Gasteiger partial charge in [0.1, 0.15) is 6.04 Å². The molecule has 1 aliphatic heterocycles. The van der Waals surface area contributed by atoms with Crippen molar-refractivity contribution in [1.29, 1.82) is 0 Å². The number of esters is 1. The molecular weight excluding hydrogens is 506 g/mol. The van der Waals surface area contributed by atoms with Crippen LogP contribution in [0.5, 0.6) is 0 Å². The SMILES string of the molecule is C/C(=N\OC(=O)N(C)CC1CCC(C(=O)OC(C)C)N1)[C@H]1CC[C@H]2[C@@H]3CCC4=C[C@@H](O)CC[C@]4(C)[C@H]3CC[C@]12C. The summed E-state index contributed by atoms with van der Waals surface area (Å²) in [6, 6.07) is -0.292. The number of carbonyl (C=O) groups excluding carboxylic acids is 2. The molecule has 8 heteroatoms. The van der Waals surface area contributed by atoms with Crippen molar-refractivity contribution in [2.45, 2.75) is 123 Å². The van der Waals surface area contributed by atoms with Gasteiger partial charge < -0.3 is 14.7 Å². The second-order valence-corrected chi connectivity index (χ2v) is 14.3. The molecule has 0 radical (unpaired) electrons. The van der Waals surface area contributed by atoms with Crippen LogP contribution in [0.1, 0.15) is 98.8 Å². The highest BCUT2D eigenvalue weighted by Crippen LogP contribution is 2.66. The van der Waals surface area contributed by atoms with Gasteiger partial charge >= 0.3 is 12.1 Å². The lowest BCUT2D eigenvalue weighted by Crippen LogP contribution is -2.51. The van der Waals surface area contributed by atoms with Crippen LogP contribution in [0.2, 0.25) is 0 Å². The van der Waals surface area contributed by atoms with E-state index in [9.17, 15) is 14.7 Å². The molecule has 4 fully saturated rings. The average Bonchev–Trinajstić information content (AvgIpc) is 3.51. The molecule has 1 heterocycles. The smallest absolute Gasteiger partial charge is 0.435 e. The van der Waals surface area contributed by atoms with Crippen molar-refractivity contribution in [2.75, 3.05) is 13.6 Å². The minimum Gasteiger partial charge on any atom is -0.462 e. The van der Waals surface area contributed by atoms with Gasteiger partial charge in [-0.2, -0.15) is 0 Å². The summed E-state index contributed by atoms with van der Waals surface area (Å²) in [5, 5.41) is 17.9. The first-order valence-corrected chi connectivity index (χ1v) is 15.7. The number of nitrogens with one attached hydrogen (secondary N) is 1. The van der Waals surface area contributed by atoms with Gasteiger partial charge in [-0.25, -0.2) is 4.79 Å². The van der Waals surface area contributed by atoms with Crippen LogP contribution >= 0.6 is 0 Å². The van der Waals surface area contributed by atoms with E-state index in [-0.39, 0.29) is 41.1 Å². The standard InChI is InChI=1S/C32H51N3O5/c1-19(2)39-29(37)28-12-8-22(33-28)18-35(6)30(38)40-34-20(3)25-10-11-26-24-9-7-21-17-23(36)13-15-31(21,4)27(24)14-16-32(25,26)5/h17,19,22-28,33,36H,7-16,18H2,1-6H3/b34-20+/t22?,23-,24-,25+,26-,27-,28?,31-,32+/m0/s1. The molecular formula is C32H51N3O5. The van der Waals surface area contributed by atoms with E-state index in [1.165, 1.54) is 31.3 Å².